The molecule has 3 aliphatic rings. The van der Waals surface area contributed by atoms with Crippen molar-refractivity contribution in [3.8, 4) is 0 Å². The molecular weight excluding hydrogens is 1960 g/mol. The number of esters is 1. The number of carbonyl (C=O) groups excluding carboxylic acids is 16. The molecule has 0 saturated heterocycles. The third-order valence-corrected chi connectivity index (χ3v) is 26.1. The van der Waals surface area contributed by atoms with Crippen LogP contribution in [0.1, 0.15) is 286 Å². The van der Waals surface area contributed by atoms with E-state index < -0.39 is 174 Å². The highest BCUT2D eigenvalue weighted by Crippen LogP contribution is 2.38. The summed E-state index contributed by atoms with van der Waals surface area (Å²) >= 11 is 0. The zero-order chi connectivity index (χ0) is 110. The van der Waals surface area contributed by atoms with Gasteiger partial charge in [-0.1, -0.05) is 103 Å². The van der Waals surface area contributed by atoms with Gasteiger partial charge in [-0.2, -0.15) is 0 Å². The van der Waals surface area contributed by atoms with E-state index in [4.69, 9.17) is 39.6 Å². The van der Waals surface area contributed by atoms with Crippen LogP contribution in [0, 0.1) is 30.6 Å². The van der Waals surface area contributed by atoms with Crippen LogP contribution in [0.15, 0.2) is 84.9 Å². The van der Waals surface area contributed by atoms with Crippen molar-refractivity contribution in [1.29, 1.82) is 0 Å². The molecule has 3 aliphatic carbocycles. The number of carboxylic acids is 6. The maximum absolute atomic E-state index is 13.1. The van der Waals surface area contributed by atoms with Crippen molar-refractivity contribution in [2.75, 3.05) is 79.0 Å². The number of hydrogen-bond donors (Lipinski definition) is 17. The molecule has 44 heteroatoms. The molecule has 3 aromatic carbocycles. The van der Waals surface area contributed by atoms with Crippen LogP contribution in [-0.4, -0.2) is 282 Å². The van der Waals surface area contributed by atoms with Gasteiger partial charge in [-0.15, -0.1) is 0 Å². The van der Waals surface area contributed by atoms with E-state index >= 15 is 0 Å². The Balaban J connectivity index is 0.000000527. The van der Waals surface area contributed by atoms with Crippen LogP contribution in [0.3, 0.4) is 0 Å². The van der Waals surface area contributed by atoms with Gasteiger partial charge in [-0.05, 0) is 203 Å². The van der Waals surface area contributed by atoms with Crippen LogP contribution in [-0.2, 0) is 135 Å². The molecule has 0 heterocycles. The van der Waals surface area contributed by atoms with Gasteiger partial charge in [0, 0.05) is 135 Å². The third-order valence-electron chi connectivity index (χ3n) is 26.1. The average Bonchev–Trinajstić information content (AvgIpc) is 0.837. The molecule has 10 amide bonds. The minimum Gasteiger partial charge on any atom is -0.481 e. The van der Waals surface area contributed by atoms with Crippen molar-refractivity contribution in [2.24, 2.45) is 29.4 Å². The number of ether oxygens (including phenoxy) is 5. The first-order valence-electron chi connectivity index (χ1n) is 52.0. The highest BCUT2D eigenvalue weighted by molar-refractivity contribution is 6.12. The molecule has 3 saturated carbocycles. The SMILES string of the molecule is CC(=O)[C@H](CCCCNC(c1ccccc1)(c1ccccc1)c1ccc(C)cc1)NC(=O)COCCOCCCC(=O)C(CCC(=O)O)NC(=O)CCC(NC(=O)C1CCC(CNC(=O)CCCC(=O)O)CC1)C(=O)O.NC(=O)[C@H](CCCCNC(=O)CCCCCCC(=O)OC1C(=O)CCC1=O)NC(=O)COCCOCCCC(=O)C(CCC(=O)O)NC(=O)CCC(NC(=O)C1CCC(CNC(=O)CCCC(=O)O)CC1)C(=O)O. The first-order chi connectivity index (χ1) is 71.7. The summed E-state index contributed by atoms with van der Waals surface area (Å²) in [4.78, 5) is 267. The summed E-state index contributed by atoms with van der Waals surface area (Å²) in [6.07, 6.45) is 7.33. The lowest BCUT2D eigenvalue weighted by molar-refractivity contribution is -0.157. The molecule has 3 aromatic rings. The lowest BCUT2D eigenvalue weighted by atomic mass is 9.76. The number of ketones is 5. The lowest BCUT2D eigenvalue weighted by Gasteiger charge is -2.37. The second kappa shape index (κ2) is 72.3. The topological polar surface area (TPSA) is 689 Å². The van der Waals surface area contributed by atoms with Crippen molar-refractivity contribution in [3.05, 3.63) is 107 Å². The summed E-state index contributed by atoms with van der Waals surface area (Å²) in [5, 5.41) is 83.0. The Morgan fingerprint density at radius 3 is 1.15 bits per heavy atom. The van der Waals surface area contributed by atoms with Gasteiger partial charge in [0.1, 0.15) is 31.3 Å². The summed E-state index contributed by atoms with van der Waals surface area (Å²) < 4.78 is 26.8. The Morgan fingerprint density at radius 1 is 0.347 bits per heavy atom. The van der Waals surface area contributed by atoms with E-state index in [1.807, 2.05) is 36.4 Å². The number of benzene rings is 3. The van der Waals surface area contributed by atoms with E-state index in [0.29, 0.717) is 129 Å². The zero-order valence-electron chi connectivity index (χ0n) is 86.0. The van der Waals surface area contributed by atoms with Gasteiger partial charge in [-0.3, -0.25) is 101 Å². The first kappa shape index (κ1) is 127. The molecule has 3 fully saturated rings. The zero-order valence-corrected chi connectivity index (χ0v) is 86.0. The molecule has 4 unspecified atom stereocenters. The monoisotopic (exact) mass is 2110 g/mol. The Bertz CT molecular complexity index is 4800. The molecule has 18 N–H and O–H groups in total. The highest BCUT2D eigenvalue weighted by Gasteiger charge is 2.39. The molecule has 0 bridgehead atoms. The van der Waals surface area contributed by atoms with Crippen LogP contribution >= 0.6 is 0 Å². The van der Waals surface area contributed by atoms with Gasteiger partial charge < -0.3 is 108 Å². The summed E-state index contributed by atoms with van der Waals surface area (Å²) in [7, 11) is 0. The standard InChI is InChI=1S/C57H77N5O14.C49H76N6O19/c1-39-21-27-45(28-22-39)57(43-13-5-3-6-14-43,44-15-7-4-8-16-44)59-33-10-9-17-46(40(2)63)60-52(67)38-76-36-35-75-34-12-18-49(64)47(30-32-54(70)71)61-51(66)31-29-48(56(73)74)62-55(72)42-25-23-41(24-26-42)37-58-50(65)19-11-20-53(68)69;50-47(68)34(9-5-6-25-51-39(59)11-3-1-2-4-14-45(67)74-46-37(57)21-22-38(46)58)54-42(62)30-73-28-27-72-26-8-10-36(56)33(20-24-44(65)66)53-41(61)23-19-35(49(70)71)55-48(69)32-17-15-31(16-18-32)29-52-40(60)12-7-13-43(63)64/h3-8,13-16,21-22,27-28,41-42,46-48,59H,9-12,17-20,23-26,29-38H2,1-2H3,(H,58,65)(H,60,67)(H,61,66)(H,62,72)(H,68,69)(H,70,71)(H,73,74);31-35,46H,1-30H2,(H2,50,68)(H,51,59)(H,52,60)(H,53,61)(H,54,62)(H,55,69)(H,63,64)(H,65,66)(H,70,71)/t41?,42?,46-,47?,48?;31?,32?,33?,34-,35?/m00/s1. The number of nitrogens with two attached hydrogens (primary N) is 1. The Morgan fingerprint density at radius 2 is 0.727 bits per heavy atom. The second-order valence-corrected chi connectivity index (χ2v) is 38.1. The molecule has 0 aliphatic heterocycles. The van der Waals surface area contributed by atoms with Crippen LogP contribution in [0.4, 0.5) is 0 Å². The number of primary amides is 1. The van der Waals surface area contributed by atoms with Crippen molar-refractivity contribution < 1.29 is 160 Å². The van der Waals surface area contributed by atoms with Gasteiger partial charge in [-0.25, -0.2) is 9.59 Å². The molecular formula is C106H153N11O33. The maximum atomic E-state index is 13.1. The number of hydrogen-bond acceptors (Lipinski definition) is 28. The van der Waals surface area contributed by atoms with Crippen molar-refractivity contribution in [1.82, 2.24) is 53.2 Å². The molecule has 44 nitrogen and oxygen atoms in total. The number of aryl methyl sites for hydroxylation is 1. The number of unbranched alkanes of at least 4 members (excludes halogenated alkanes) is 5. The summed E-state index contributed by atoms with van der Waals surface area (Å²) in [6, 6.07) is 22.3. The molecule has 0 aromatic heterocycles. The molecule has 830 valence electrons. The third kappa shape index (κ3) is 52.8. The lowest BCUT2D eigenvalue weighted by Crippen LogP contribution is -2.46. The van der Waals surface area contributed by atoms with Crippen molar-refractivity contribution in [3.63, 3.8) is 0 Å². The first-order valence-corrected chi connectivity index (χ1v) is 52.0. The number of carbonyl (C=O) groups is 22. The van der Waals surface area contributed by atoms with E-state index in [-0.39, 0.29) is 228 Å². The fourth-order valence-electron chi connectivity index (χ4n) is 17.5. The number of rotatable bonds is 78. The quantitative estimate of drug-likeness (QED) is 0.0132. The Labute approximate surface area is 872 Å². The predicted octanol–water partition coefficient (Wildman–Crippen LogP) is 6.07. The highest BCUT2D eigenvalue weighted by atomic mass is 16.6. The van der Waals surface area contributed by atoms with E-state index in [1.54, 1.807) is 0 Å². The van der Waals surface area contributed by atoms with Crippen LogP contribution in [0.5, 0.6) is 0 Å². The second-order valence-electron chi connectivity index (χ2n) is 38.1. The number of carboxylic acid groups (broad SMARTS) is 6. The van der Waals surface area contributed by atoms with Gasteiger partial charge in [0.15, 0.2) is 28.9 Å². The van der Waals surface area contributed by atoms with Gasteiger partial charge in [0.2, 0.25) is 65.2 Å². The number of amides is 10. The molecule has 0 spiro atoms. The number of Topliss-reactive ketones (excluding diaryl/α,β-unsaturated/α-hetero) is 5. The van der Waals surface area contributed by atoms with E-state index in [2.05, 4.69) is 109 Å². The smallest absolute Gasteiger partial charge is 0.326 e. The summed E-state index contributed by atoms with van der Waals surface area (Å²) in [5.41, 5.74) is 9.29. The summed E-state index contributed by atoms with van der Waals surface area (Å²) in [5.74, 6) is -14.9. The van der Waals surface area contributed by atoms with Gasteiger partial charge in [0.25, 0.3) is 0 Å². The van der Waals surface area contributed by atoms with Crippen molar-refractivity contribution >= 4 is 130 Å². The maximum Gasteiger partial charge on any atom is 0.326 e. The van der Waals surface area contributed by atoms with Crippen molar-refractivity contribution in [2.45, 2.75) is 319 Å². The number of nitrogens with one attached hydrogen (secondary N) is 10. The van der Waals surface area contributed by atoms with Crippen LogP contribution in [0.2, 0.25) is 0 Å². The van der Waals surface area contributed by atoms with Gasteiger partial charge >= 0.3 is 41.8 Å². The normalized spacial score (nSPS) is 16.1. The van der Waals surface area contributed by atoms with E-state index in [9.17, 15) is 126 Å². The molecule has 150 heavy (non-hydrogen) atoms. The Hall–Kier alpha value is -13.2. The molecule has 6 rings (SSSR count). The van der Waals surface area contributed by atoms with E-state index in [0.717, 1.165) is 28.7 Å². The summed E-state index contributed by atoms with van der Waals surface area (Å²) in [6.45, 7) is 4.96. The largest absolute Gasteiger partial charge is 0.481 e. The minimum atomic E-state index is -1.40. The molecule has 0 radical (unpaired) electrons. The van der Waals surface area contributed by atoms with Crippen LogP contribution < -0.4 is 58.9 Å². The van der Waals surface area contributed by atoms with Gasteiger partial charge in [0.05, 0.1) is 50.1 Å². The van der Waals surface area contributed by atoms with Crippen LogP contribution in [0.25, 0.3) is 0 Å². The molecule has 6 atom stereocenters. The average molecular weight is 2110 g/mol. The Kier molecular flexibility index (Phi) is 61.3. The fourth-order valence-corrected chi connectivity index (χ4v) is 17.5. The minimum absolute atomic E-state index is 0.0132. The fraction of sp³-hybridized carbons (Fsp3) is 0.623. The number of aliphatic carboxylic acids is 6. The van der Waals surface area contributed by atoms with E-state index in [1.165, 1.54) is 6.92 Å². The predicted molar refractivity (Wildman–Crippen MR) is 540 cm³/mol.